The molecule has 5 nitrogen and oxygen atoms in total. The van der Waals surface area contributed by atoms with Crippen LogP contribution in [0.4, 0.5) is 0 Å². The summed E-state index contributed by atoms with van der Waals surface area (Å²) in [4.78, 5) is 0. The van der Waals surface area contributed by atoms with E-state index in [1.165, 1.54) is 4.26 Å². The summed E-state index contributed by atoms with van der Waals surface area (Å²) < 4.78 is 3.98. The molecule has 2 heterocycles. The van der Waals surface area contributed by atoms with Crippen molar-refractivity contribution in [2.24, 2.45) is 0 Å². The number of aromatic nitrogens is 5. The molecule has 15 heavy (non-hydrogen) atoms. The summed E-state index contributed by atoms with van der Waals surface area (Å²) in [7, 11) is 0. The molecule has 0 saturated heterocycles. The van der Waals surface area contributed by atoms with E-state index in [0.29, 0.717) is 5.95 Å². The van der Waals surface area contributed by atoms with E-state index < -0.39 is 0 Å². The van der Waals surface area contributed by atoms with E-state index in [1.54, 1.807) is 0 Å². The molecule has 3 rings (SSSR count). The van der Waals surface area contributed by atoms with Gasteiger partial charge in [-0.15, -0.1) is 0 Å². The second kappa shape index (κ2) is 3.37. The fourth-order valence-electron chi connectivity index (χ4n) is 1.35. The van der Waals surface area contributed by atoms with Gasteiger partial charge in [-0.25, -0.2) is 0 Å². The van der Waals surface area contributed by atoms with E-state index >= 15 is 0 Å². The molecule has 0 spiro atoms. The molecule has 7 heteroatoms. The van der Waals surface area contributed by atoms with Gasteiger partial charge in [0.1, 0.15) is 0 Å². The zero-order chi connectivity index (χ0) is 10.3. The van der Waals surface area contributed by atoms with Gasteiger partial charge in [-0.1, -0.05) is 0 Å². The van der Waals surface area contributed by atoms with Crippen LogP contribution in [0.5, 0.6) is 0 Å². The number of hydrogen-bond acceptors (Lipinski definition) is 4. The van der Waals surface area contributed by atoms with Crippen LogP contribution in [0.2, 0.25) is 0 Å². The Labute approximate surface area is 95.7 Å². The molecule has 0 aliphatic rings. The Morgan fingerprint density at radius 3 is 2.93 bits per heavy atom. The maximum atomic E-state index is 5.36. The number of fused-ring (bicyclic) bond motifs is 1. The van der Waals surface area contributed by atoms with Crippen LogP contribution in [0.15, 0.2) is 24.3 Å². The Balaban J connectivity index is 2.38. The summed E-state index contributed by atoms with van der Waals surface area (Å²) in [6, 6.07) is 8.12. The Kier molecular flexibility index (Phi) is 2.02. The van der Waals surface area contributed by atoms with Crippen LogP contribution in [-0.2, 0) is 0 Å². The second-order valence-corrected chi connectivity index (χ2v) is 5.36. The Morgan fingerprint density at radius 2 is 2.20 bits per heavy atom. The van der Waals surface area contributed by atoms with Gasteiger partial charge in [-0.05, 0) is 0 Å². The molecular weight excluding hydrogens is 277 g/mol. The average Bonchev–Trinajstić information content (AvgIpc) is 2.87. The third-order valence-corrected chi connectivity index (χ3v) is 4.94. The molecule has 74 valence electrons. The van der Waals surface area contributed by atoms with Crippen LogP contribution < -0.4 is 0 Å². The zero-order valence-corrected chi connectivity index (χ0v) is 9.94. The molecule has 1 N–H and O–H groups in total. The van der Waals surface area contributed by atoms with Gasteiger partial charge in [0.05, 0.1) is 0 Å². The molecule has 0 radical (unpaired) electrons. The van der Waals surface area contributed by atoms with Crippen LogP contribution in [0.1, 0.15) is 0 Å². The van der Waals surface area contributed by atoms with Crippen molar-refractivity contribution in [3.8, 4) is 5.95 Å². The van der Waals surface area contributed by atoms with Crippen molar-refractivity contribution in [2.45, 2.75) is 0 Å². The van der Waals surface area contributed by atoms with Crippen molar-refractivity contribution >= 4 is 36.6 Å². The molecule has 0 aliphatic heterocycles. The fourth-order valence-corrected chi connectivity index (χ4v) is 3.92. The van der Waals surface area contributed by atoms with Gasteiger partial charge < -0.3 is 0 Å². The standard InChI is InChI=1S/C8H5N5SSe/c14-7-5-3-1-2-4-6(5)15-13(7)8-9-11-12-10-8/h1-4H,(H,9,10,11,12). The maximum absolute atomic E-state index is 5.36. The molecule has 0 bridgehead atoms. The van der Waals surface area contributed by atoms with E-state index in [9.17, 15) is 0 Å². The summed E-state index contributed by atoms with van der Waals surface area (Å²) in [5, 5.41) is 15.0. The van der Waals surface area contributed by atoms with Crippen molar-refractivity contribution in [1.29, 1.82) is 0 Å². The number of tetrazole rings is 1. The Morgan fingerprint density at radius 1 is 1.33 bits per heavy atom. The van der Waals surface area contributed by atoms with Gasteiger partial charge in [-0.2, -0.15) is 0 Å². The molecule has 0 amide bonds. The molecule has 0 aliphatic carbocycles. The molecule has 0 atom stereocenters. The van der Waals surface area contributed by atoms with Crippen LogP contribution in [0, 0.1) is 4.64 Å². The predicted molar refractivity (Wildman–Crippen MR) is 58.8 cm³/mol. The normalized spacial score (nSPS) is 10.9. The van der Waals surface area contributed by atoms with Gasteiger partial charge >= 0.3 is 95.6 Å². The molecule has 0 saturated carbocycles. The van der Waals surface area contributed by atoms with Crippen molar-refractivity contribution < 1.29 is 0 Å². The molecule has 1 aromatic carbocycles. The van der Waals surface area contributed by atoms with Gasteiger partial charge in [-0.3, -0.25) is 0 Å². The summed E-state index contributed by atoms with van der Waals surface area (Å²) in [5.41, 5.74) is 0. The first-order chi connectivity index (χ1) is 7.36. The summed E-state index contributed by atoms with van der Waals surface area (Å²) in [6.45, 7) is 0. The number of nitrogens with zero attached hydrogens (tertiary/aromatic N) is 4. The minimum absolute atomic E-state index is 0.123. The van der Waals surface area contributed by atoms with E-state index in [1.807, 2.05) is 21.8 Å². The monoisotopic (exact) mass is 283 g/mol. The molecular formula is C8H5N5SSe. The molecule has 2 aromatic heterocycles. The SMILES string of the molecule is S=c1c2ccccc2[se]n1-c1nn[nH]n1. The average molecular weight is 282 g/mol. The Hall–Kier alpha value is -1.30. The van der Waals surface area contributed by atoms with Crippen molar-refractivity contribution in [1.82, 2.24) is 24.2 Å². The minimum atomic E-state index is 0.123. The van der Waals surface area contributed by atoms with E-state index in [0.717, 1.165) is 10.0 Å². The number of nitrogens with one attached hydrogen (secondary N) is 1. The number of hydrogen-bond donors (Lipinski definition) is 1. The first-order valence-electron chi connectivity index (χ1n) is 4.21. The van der Waals surface area contributed by atoms with Crippen molar-refractivity contribution in [2.75, 3.05) is 0 Å². The van der Waals surface area contributed by atoms with Crippen molar-refractivity contribution in [3.05, 3.63) is 28.9 Å². The number of aromatic amines is 1. The summed E-state index contributed by atoms with van der Waals surface area (Å²) in [6.07, 6.45) is 0. The van der Waals surface area contributed by atoms with Crippen molar-refractivity contribution in [3.63, 3.8) is 0 Å². The summed E-state index contributed by atoms with van der Waals surface area (Å²) >= 11 is 5.49. The van der Waals surface area contributed by atoms with Gasteiger partial charge in [0.25, 0.3) is 0 Å². The number of H-pyrrole nitrogens is 1. The topological polar surface area (TPSA) is 59.4 Å². The fraction of sp³-hybridized carbons (Fsp3) is 0. The molecule has 0 fully saturated rings. The van der Waals surface area contributed by atoms with Gasteiger partial charge in [0, 0.05) is 0 Å². The first kappa shape index (κ1) is 8.96. The summed E-state index contributed by atoms with van der Waals surface area (Å²) in [5.74, 6) is 0.552. The number of benzene rings is 1. The molecule has 0 unspecified atom stereocenters. The Bertz CT molecular complexity index is 653. The van der Waals surface area contributed by atoms with Crippen LogP contribution in [-0.4, -0.2) is 38.9 Å². The zero-order valence-electron chi connectivity index (χ0n) is 7.41. The number of rotatable bonds is 1. The van der Waals surface area contributed by atoms with Crippen LogP contribution >= 0.6 is 12.2 Å². The third-order valence-electron chi connectivity index (χ3n) is 2.01. The van der Waals surface area contributed by atoms with E-state index in [4.69, 9.17) is 12.2 Å². The van der Waals surface area contributed by atoms with Crippen LogP contribution in [0.3, 0.4) is 0 Å². The predicted octanol–water partition coefficient (Wildman–Crippen LogP) is 0.930. The van der Waals surface area contributed by atoms with E-state index in [-0.39, 0.29) is 14.7 Å². The van der Waals surface area contributed by atoms with Gasteiger partial charge in [0.15, 0.2) is 0 Å². The van der Waals surface area contributed by atoms with E-state index in [2.05, 4.69) is 26.7 Å². The third kappa shape index (κ3) is 1.36. The quantitative estimate of drug-likeness (QED) is 0.533. The van der Waals surface area contributed by atoms with Crippen LogP contribution in [0.25, 0.3) is 15.6 Å². The first-order valence-corrected chi connectivity index (χ1v) is 6.24. The molecule has 3 aromatic rings. The van der Waals surface area contributed by atoms with Gasteiger partial charge in [0.2, 0.25) is 0 Å². The second-order valence-electron chi connectivity index (χ2n) is 2.90.